The number of aromatic nitrogens is 2. The summed E-state index contributed by atoms with van der Waals surface area (Å²) in [7, 11) is 0. The van der Waals surface area contributed by atoms with Crippen LogP contribution in [-0.4, -0.2) is 29.1 Å². The molecule has 0 radical (unpaired) electrons. The second kappa shape index (κ2) is 8.32. The molecule has 1 atom stereocenters. The highest BCUT2D eigenvalue weighted by molar-refractivity contribution is 5.44. The zero-order chi connectivity index (χ0) is 17.6. The number of hydrogen-bond donors (Lipinski definition) is 1. The lowest BCUT2D eigenvalue weighted by atomic mass is 9.90. The highest BCUT2D eigenvalue weighted by atomic mass is 15.3. The smallest absolute Gasteiger partial charge is 0.227 e. The van der Waals surface area contributed by atoms with Crippen molar-refractivity contribution in [1.82, 2.24) is 9.97 Å². The van der Waals surface area contributed by atoms with Gasteiger partial charge in [0.2, 0.25) is 5.95 Å². The number of benzene rings is 1. The van der Waals surface area contributed by atoms with Crippen molar-refractivity contribution >= 4 is 11.8 Å². The standard InChI is InChI=1S/C21H30N4/c1-4-16(2)22-20-14-17(3)23-21(24-20)25-12-10-19(11-13-25)15-18-8-6-5-7-9-18/h5-9,14,16,19H,4,10-13,15H2,1-3H3,(H,22,23,24). The van der Waals surface area contributed by atoms with E-state index in [0.29, 0.717) is 6.04 Å². The van der Waals surface area contributed by atoms with E-state index in [2.05, 4.69) is 66.3 Å². The molecule has 0 bridgehead atoms. The van der Waals surface area contributed by atoms with Crippen LogP contribution in [0.1, 0.15) is 44.4 Å². The number of nitrogens with zero attached hydrogens (tertiary/aromatic N) is 3. The normalized spacial score (nSPS) is 16.7. The summed E-state index contributed by atoms with van der Waals surface area (Å²) in [6.45, 7) is 8.51. The van der Waals surface area contributed by atoms with Gasteiger partial charge in [-0.25, -0.2) is 4.98 Å². The topological polar surface area (TPSA) is 41.1 Å². The summed E-state index contributed by atoms with van der Waals surface area (Å²) in [4.78, 5) is 11.8. The molecule has 3 rings (SSSR count). The maximum Gasteiger partial charge on any atom is 0.227 e. The lowest BCUT2D eigenvalue weighted by Gasteiger charge is -2.32. The summed E-state index contributed by atoms with van der Waals surface area (Å²) in [5.74, 6) is 2.59. The van der Waals surface area contributed by atoms with E-state index in [1.807, 2.05) is 6.07 Å². The average Bonchev–Trinajstić information content (AvgIpc) is 2.62. The Hall–Kier alpha value is -2.10. The maximum atomic E-state index is 4.76. The molecule has 2 heterocycles. The van der Waals surface area contributed by atoms with Crippen LogP contribution in [0.2, 0.25) is 0 Å². The molecular weight excluding hydrogens is 308 g/mol. The molecule has 4 nitrogen and oxygen atoms in total. The van der Waals surface area contributed by atoms with Crippen molar-refractivity contribution in [1.29, 1.82) is 0 Å². The van der Waals surface area contributed by atoms with Gasteiger partial charge in [-0.3, -0.25) is 0 Å². The summed E-state index contributed by atoms with van der Waals surface area (Å²) in [5.41, 5.74) is 2.48. The molecule has 0 spiro atoms. The predicted octanol–water partition coefficient (Wildman–Crippen LogP) is 4.45. The van der Waals surface area contributed by atoms with Gasteiger partial charge in [-0.2, -0.15) is 4.98 Å². The first-order valence-corrected chi connectivity index (χ1v) is 9.55. The Kier molecular flexibility index (Phi) is 5.90. The largest absolute Gasteiger partial charge is 0.367 e. The van der Waals surface area contributed by atoms with Crippen LogP contribution in [-0.2, 0) is 6.42 Å². The number of piperidine rings is 1. The maximum absolute atomic E-state index is 4.76. The van der Waals surface area contributed by atoms with Gasteiger partial charge >= 0.3 is 0 Å². The van der Waals surface area contributed by atoms with Crippen LogP contribution in [0.25, 0.3) is 0 Å². The van der Waals surface area contributed by atoms with Crippen LogP contribution in [0.3, 0.4) is 0 Å². The third-order valence-electron chi connectivity index (χ3n) is 5.11. The van der Waals surface area contributed by atoms with Crippen LogP contribution in [0.5, 0.6) is 0 Å². The molecule has 1 aromatic carbocycles. The predicted molar refractivity (Wildman–Crippen MR) is 105 cm³/mol. The zero-order valence-corrected chi connectivity index (χ0v) is 15.7. The van der Waals surface area contributed by atoms with Gasteiger partial charge in [0.05, 0.1) is 0 Å². The molecule has 1 fully saturated rings. The number of aryl methyl sites for hydroxylation is 1. The Balaban J connectivity index is 1.60. The molecule has 25 heavy (non-hydrogen) atoms. The quantitative estimate of drug-likeness (QED) is 0.844. The number of nitrogens with one attached hydrogen (secondary N) is 1. The van der Waals surface area contributed by atoms with Gasteiger partial charge in [-0.05, 0) is 51.0 Å². The number of hydrogen-bond acceptors (Lipinski definition) is 4. The molecule has 0 saturated carbocycles. The van der Waals surface area contributed by atoms with E-state index in [1.54, 1.807) is 0 Å². The van der Waals surface area contributed by atoms with Crippen molar-refractivity contribution in [3.05, 3.63) is 47.7 Å². The third kappa shape index (κ3) is 4.94. The van der Waals surface area contributed by atoms with Crippen LogP contribution in [0.4, 0.5) is 11.8 Å². The Bertz CT molecular complexity index is 663. The molecule has 1 unspecified atom stereocenters. The van der Waals surface area contributed by atoms with Gasteiger partial charge in [0, 0.05) is 30.9 Å². The minimum absolute atomic E-state index is 0.429. The van der Waals surface area contributed by atoms with Crippen LogP contribution in [0, 0.1) is 12.8 Å². The number of anilines is 2. The second-order valence-electron chi connectivity index (χ2n) is 7.27. The van der Waals surface area contributed by atoms with Crippen molar-refractivity contribution in [2.45, 2.75) is 52.5 Å². The van der Waals surface area contributed by atoms with Crippen LogP contribution in [0.15, 0.2) is 36.4 Å². The molecule has 1 aliphatic heterocycles. The zero-order valence-electron chi connectivity index (χ0n) is 15.7. The van der Waals surface area contributed by atoms with E-state index in [9.17, 15) is 0 Å². The fourth-order valence-corrected chi connectivity index (χ4v) is 3.41. The van der Waals surface area contributed by atoms with Gasteiger partial charge < -0.3 is 10.2 Å². The Morgan fingerprint density at radius 1 is 1.16 bits per heavy atom. The van der Waals surface area contributed by atoms with E-state index in [1.165, 1.54) is 24.8 Å². The van der Waals surface area contributed by atoms with Gasteiger partial charge in [0.15, 0.2) is 0 Å². The molecule has 134 valence electrons. The molecule has 1 aliphatic rings. The molecule has 1 aromatic heterocycles. The fourth-order valence-electron chi connectivity index (χ4n) is 3.41. The summed E-state index contributed by atoms with van der Waals surface area (Å²) in [6.07, 6.45) is 4.69. The Labute approximate surface area is 151 Å². The first-order valence-electron chi connectivity index (χ1n) is 9.55. The van der Waals surface area contributed by atoms with Crippen LogP contribution >= 0.6 is 0 Å². The van der Waals surface area contributed by atoms with Gasteiger partial charge in [-0.1, -0.05) is 37.3 Å². The molecule has 0 amide bonds. The fraction of sp³-hybridized carbons (Fsp3) is 0.524. The first kappa shape index (κ1) is 17.7. The third-order valence-corrected chi connectivity index (χ3v) is 5.11. The summed E-state index contributed by atoms with van der Waals surface area (Å²) in [6, 6.07) is 13.3. The van der Waals surface area contributed by atoms with E-state index < -0.39 is 0 Å². The molecule has 2 aromatic rings. The average molecular weight is 338 g/mol. The van der Waals surface area contributed by atoms with Crippen molar-refractivity contribution < 1.29 is 0 Å². The summed E-state index contributed by atoms with van der Waals surface area (Å²) >= 11 is 0. The molecule has 0 aliphatic carbocycles. The molecular formula is C21H30N4. The monoisotopic (exact) mass is 338 g/mol. The highest BCUT2D eigenvalue weighted by Crippen LogP contribution is 2.25. The molecule has 4 heteroatoms. The van der Waals surface area contributed by atoms with Crippen molar-refractivity contribution in [2.75, 3.05) is 23.3 Å². The number of rotatable bonds is 6. The van der Waals surface area contributed by atoms with Crippen molar-refractivity contribution in [2.24, 2.45) is 5.92 Å². The van der Waals surface area contributed by atoms with E-state index in [-0.39, 0.29) is 0 Å². The minimum Gasteiger partial charge on any atom is -0.367 e. The van der Waals surface area contributed by atoms with E-state index in [4.69, 9.17) is 4.98 Å². The van der Waals surface area contributed by atoms with Gasteiger partial charge in [0.25, 0.3) is 0 Å². The summed E-state index contributed by atoms with van der Waals surface area (Å²) < 4.78 is 0. The second-order valence-corrected chi connectivity index (χ2v) is 7.27. The molecule has 1 saturated heterocycles. The van der Waals surface area contributed by atoms with Gasteiger partial charge in [-0.15, -0.1) is 0 Å². The Morgan fingerprint density at radius 2 is 1.88 bits per heavy atom. The minimum atomic E-state index is 0.429. The van der Waals surface area contributed by atoms with E-state index >= 15 is 0 Å². The van der Waals surface area contributed by atoms with Crippen molar-refractivity contribution in [3.8, 4) is 0 Å². The summed E-state index contributed by atoms with van der Waals surface area (Å²) in [5, 5.41) is 3.48. The lowest BCUT2D eigenvalue weighted by molar-refractivity contribution is 0.400. The lowest BCUT2D eigenvalue weighted by Crippen LogP contribution is -2.35. The van der Waals surface area contributed by atoms with Crippen molar-refractivity contribution in [3.63, 3.8) is 0 Å². The highest BCUT2D eigenvalue weighted by Gasteiger charge is 2.21. The Morgan fingerprint density at radius 3 is 2.56 bits per heavy atom. The SMILES string of the molecule is CCC(C)Nc1cc(C)nc(N2CCC(Cc3ccccc3)CC2)n1. The first-order chi connectivity index (χ1) is 12.1. The van der Waals surface area contributed by atoms with Gasteiger partial charge in [0.1, 0.15) is 5.82 Å². The van der Waals surface area contributed by atoms with Crippen LogP contribution < -0.4 is 10.2 Å². The van der Waals surface area contributed by atoms with E-state index in [0.717, 1.165) is 42.9 Å². The molecule has 1 N–H and O–H groups in total.